The van der Waals surface area contributed by atoms with Crippen LogP contribution in [0.25, 0.3) is 0 Å². The molecule has 28 heavy (non-hydrogen) atoms. The summed E-state index contributed by atoms with van der Waals surface area (Å²) < 4.78 is 31.2. The van der Waals surface area contributed by atoms with Crippen molar-refractivity contribution in [3.05, 3.63) is 59.2 Å². The second-order valence-electron chi connectivity index (χ2n) is 7.20. The monoisotopic (exact) mass is 404 g/mol. The number of benzene rings is 2. The minimum absolute atomic E-state index is 0.0952. The smallest absolute Gasteiger partial charge is 0.241 e. The highest BCUT2D eigenvalue weighted by Gasteiger charge is 2.21. The van der Waals surface area contributed by atoms with Gasteiger partial charge in [-0.1, -0.05) is 18.2 Å². The lowest BCUT2D eigenvalue weighted by Gasteiger charge is -2.23. The van der Waals surface area contributed by atoms with Crippen molar-refractivity contribution in [3.63, 3.8) is 0 Å². The van der Waals surface area contributed by atoms with Crippen molar-refractivity contribution in [3.8, 4) is 5.75 Å². The molecule has 0 aliphatic rings. The molecule has 0 aliphatic carbocycles. The summed E-state index contributed by atoms with van der Waals surface area (Å²) >= 11 is 0. The van der Waals surface area contributed by atoms with Crippen LogP contribution in [0.1, 0.15) is 30.5 Å². The number of rotatable bonds is 8. The van der Waals surface area contributed by atoms with Gasteiger partial charge in [0.1, 0.15) is 12.3 Å². The summed E-state index contributed by atoms with van der Waals surface area (Å²) in [4.78, 5) is 12.4. The molecule has 2 aromatic rings. The molecule has 2 rings (SSSR count). The van der Waals surface area contributed by atoms with Crippen molar-refractivity contribution in [2.24, 2.45) is 0 Å². The molecule has 152 valence electrons. The summed E-state index contributed by atoms with van der Waals surface area (Å²) in [7, 11) is -3.59. The van der Waals surface area contributed by atoms with Crippen molar-refractivity contribution >= 4 is 21.6 Å². The summed E-state index contributed by atoms with van der Waals surface area (Å²) in [6.45, 7) is 7.74. The molecule has 0 aliphatic heterocycles. The number of amides is 1. The summed E-state index contributed by atoms with van der Waals surface area (Å²) in [6, 6.07) is 12.9. The zero-order valence-electron chi connectivity index (χ0n) is 17.0. The quantitative estimate of drug-likeness (QED) is 0.733. The van der Waals surface area contributed by atoms with E-state index in [0.29, 0.717) is 12.2 Å². The van der Waals surface area contributed by atoms with Crippen molar-refractivity contribution in [2.45, 2.75) is 40.3 Å². The minimum Gasteiger partial charge on any atom is -0.491 e. The van der Waals surface area contributed by atoms with Crippen molar-refractivity contribution in [2.75, 3.05) is 17.1 Å². The van der Waals surface area contributed by atoms with Crippen LogP contribution in [0.3, 0.4) is 0 Å². The third kappa shape index (κ3) is 6.56. The number of hydrogen-bond donors (Lipinski definition) is 1. The molecule has 0 unspecified atom stereocenters. The van der Waals surface area contributed by atoms with E-state index in [2.05, 4.69) is 5.32 Å². The molecule has 0 saturated carbocycles. The van der Waals surface area contributed by atoms with Gasteiger partial charge in [-0.15, -0.1) is 0 Å². The van der Waals surface area contributed by atoms with E-state index in [0.717, 1.165) is 33.0 Å². The third-order valence-electron chi connectivity index (χ3n) is 3.97. The fourth-order valence-corrected chi connectivity index (χ4v) is 3.68. The maximum atomic E-state index is 12.4. The van der Waals surface area contributed by atoms with E-state index >= 15 is 0 Å². The van der Waals surface area contributed by atoms with Crippen molar-refractivity contribution in [1.29, 1.82) is 0 Å². The van der Waals surface area contributed by atoms with Gasteiger partial charge in [-0.2, -0.15) is 0 Å². The zero-order chi connectivity index (χ0) is 20.9. The lowest BCUT2D eigenvalue weighted by atomic mass is 10.1. The number of anilines is 1. The summed E-state index contributed by atoms with van der Waals surface area (Å²) in [5.41, 5.74) is 3.27. The maximum absolute atomic E-state index is 12.4. The number of carbonyl (C=O) groups is 1. The van der Waals surface area contributed by atoms with Crippen LogP contribution in [0.4, 0.5) is 5.69 Å². The van der Waals surface area contributed by atoms with Gasteiger partial charge >= 0.3 is 0 Å². The van der Waals surface area contributed by atoms with Crippen molar-refractivity contribution < 1.29 is 17.9 Å². The molecule has 1 N–H and O–H groups in total. The first-order valence-corrected chi connectivity index (χ1v) is 11.0. The molecule has 0 saturated heterocycles. The second kappa shape index (κ2) is 9.10. The van der Waals surface area contributed by atoms with Gasteiger partial charge in [0.15, 0.2) is 0 Å². The lowest BCUT2D eigenvalue weighted by Crippen LogP contribution is -2.40. The highest BCUT2D eigenvalue weighted by atomic mass is 32.2. The number of carbonyl (C=O) groups excluding carboxylic acids is 1. The number of nitrogens with one attached hydrogen (secondary N) is 1. The highest BCUT2D eigenvalue weighted by molar-refractivity contribution is 7.92. The van der Waals surface area contributed by atoms with E-state index in [1.165, 1.54) is 0 Å². The molecule has 0 fully saturated rings. The van der Waals surface area contributed by atoms with E-state index in [-0.39, 0.29) is 18.6 Å². The van der Waals surface area contributed by atoms with Crippen LogP contribution in [0.5, 0.6) is 5.75 Å². The van der Waals surface area contributed by atoms with E-state index in [1.807, 2.05) is 58.0 Å². The Labute approximate surface area is 167 Å². The first-order chi connectivity index (χ1) is 13.0. The first-order valence-electron chi connectivity index (χ1n) is 9.13. The average Bonchev–Trinajstić information content (AvgIpc) is 2.56. The van der Waals surface area contributed by atoms with Crippen LogP contribution >= 0.6 is 0 Å². The molecule has 0 bridgehead atoms. The van der Waals surface area contributed by atoms with Gasteiger partial charge < -0.3 is 10.1 Å². The van der Waals surface area contributed by atoms with Gasteiger partial charge in [0, 0.05) is 6.54 Å². The molecular weight excluding hydrogens is 376 g/mol. The molecule has 0 heterocycles. The lowest BCUT2D eigenvalue weighted by molar-refractivity contribution is -0.119. The van der Waals surface area contributed by atoms with Crippen LogP contribution in [0.15, 0.2) is 42.5 Å². The molecule has 7 heteroatoms. The second-order valence-corrected chi connectivity index (χ2v) is 9.11. The Bertz CT molecular complexity index is 902. The van der Waals surface area contributed by atoms with Gasteiger partial charge in [0.05, 0.1) is 18.0 Å². The SMILES string of the molecule is Cc1cc(C)cc(N(CC(=O)NCc2ccc(OC(C)C)cc2)S(C)(=O)=O)c1. The topological polar surface area (TPSA) is 75.7 Å². The first kappa shape index (κ1) is 21.8. The third-order valence-corrected chi connectivity index (χ3v) is 5.11. The fourth-order valence-electron chi connectivity index (χ4n) is 2.84. The molecule has 0 spiro atoms. The van der Waals surface area contributed by atoms with Crippen LogP contribution in [0, 0.1) is 13.8 Å². The van der Waals surface area contributed by atoms with Crippen molar-refractivity contribution in [1.82, 2.24) is 5.32 Å². The van der Waals surface area contributed by atoms with E-state index in [1.54, 1.807) is 12.1 Å². The molecule has 6 nitrogen and oxygen atoms in total. The standard InChI is InChI=1S/C21H28N2O4S/c1-15(2)27-20-8-6-18(7-9-20)13-22-21(24)14-23(28(5,25)26)19-11-16(3)10-17(4)12-19/h6-12,15H,13-14H2,1-5H3,(H,22,24). The Hall–Kier alpha value is -2.54. The predicted octanol–water partition coefficient (Wildman–Crippen LogP) is 3.17. The Morgan fingerprint density at radius 3 is 2.14 bits per heavy atom. The summed E-state index contributed by atoms with van der Waals surface area (Å²) in [5.74, 6) is 0.398. The van der Waals surface area contributed by atoms with E-state index in [9.17, 15) is 13.2 Å². The molecule has 0 atom stereocenters. The average molecular weight is 405 g/mol. The highest BCUT2D eigenvalue weighted by Crippen LogP contribution is 2.21. The Balaban J connectivity index is 2.04. The summed E-state index contributed by atoms with van der Waals surface area (Å²) in [5, 5.41) is 2.77. The maximum Gasteiger partial charge on any atom is 0.241 e. The largest absolute Gasteiger partial charge is 0.491 e. The van der Waals surface area contributed by atoms with Gasteiger partial charge in [-0.05, 0) is 68.7 Å². The van der Waals surface area contributed by atoms with E-state index in [4.69, 9.17) is 4.74 Å². The van der Waals surface area contributed by atoms with Gasteiger partial charge in [-0.25, -0.2) is 8.42 Å². The molecule has 1 amide bonds. The number of hydrogen-bond acceptors (Lipinski definition) is 4. The Kier molecular flexibility index (Phi) is 7.07. The number of ether oxygens (including phenoxy) is 1. The normalized spacial score (nSPS) is 11.4. The molecular formula is C21H28N2O4S. The molecule has 0 aromatic heterocycles. The Morgan fingerprint density at radius 2 is 1.64 bits per heavy atom. The number of nitrogens with zero attached hydrogens (tertiary/aromatic N) is 1. The summed E-state index contributed by atoms with van der Waals surface area (Å²) in [6.07, 6.45) is 1.20. The van der Waals surface area contributed by atoms with Gasteiger partial charge in [0.2, 0.25) is 15.9 Å². The minimum atomic E-state index is -3.59. The zero-order valence-corrected chi connectivity index (χ0v) is 17.8. The van der Waals surface area contributed by atoms with Gasteiger partial charge in [-0.3, -0.25) is 9.10 Å². The number of sulfonamides is 1. The van der Waals surface area contributed by atoms with Gasteiger partial charge in [0.25, 0.3) is 0 Å². The van der Waals surface area contributed by atoms with Crippen LogP contribution < -0.4 is 14.4 Å². The molecule has 2 aromatic carbocycles. The fraction of sp³-hybridized carbons (Fsp3) is 0.381. The molecule has 0 radical (unpaired) electrons. The van der Waals surface area contributed by atoms with Crippen LogP contribution in [-0.4, -0.2) is 33.2 Å². The number of aryl methyl sites for hydroxylation is 2. The Morgan fingerprint density at radius 1 is 1.07 bits per heavy atom. The van der Waals surface area contributed by atoms with Crippen LogP contribution in [0.2, 0.25) is 0 Å². The predicted molar refractivity (Wildman–Crippen MR) is 112 cm³/mol. The van der Waals surface area contributed by atoms with E-state index < -0.39 is 10.0 Å². The van der Waals surface area contributed by atoms with Crippen LogP contribution in [-0.2, 0) is 21.4 Å².